The minimum absolute atomic E-state index is 0.144. The van der Waals surface area contributed by atoms with Crippen LogP contribution in [0.2, 0.25) is 0 Å². The average Bonchev–Trinajstić information content (AvgIpc) is 2.99. The minimum Gasteiger partial charge on any atom is -0.354 e. The molecule has 0 aromatic carbocycles. The van der Waals surface area contributed by atoms with Crippen molar-refractivity contribution in [2.75, 3.05) is 26.2 Å². The van der Waals surface area contributed by atoms with Gasteiger partial charge in [-0.2, -0.15) is 0 Å². The van der Waals surface area contributed by atoms with Crippen LogP contribution < -0.4 is 10.6 Å². The molecule has 3 aliphatic rings. The molecule has 4 nitrogen and oxygen atoms in total. The van der Waals surface area contributed by atoms with Crippen LogP contribution in [0.4, 0.5) is 0 Å². The Balaban J connectivity index is 1.54. The van der Waals surface area contributed by atoms with Gasteiger partial charge in [-0.3, -0.25) is 9.69 Å². The molecule has 2 aliphatic heterocycles. The van der Waals surface area contributed by atoms with Crippen molar-refractivity contribution in [1.82, 2.24) is 15.5 Å². The maximum Gasteiger partial charge on any atom is 0.237 e. The fraction of sp³-hybridized carbons (Fsp3) is 0.933. The third-order valence-corrected chi connectivity index (χ3v) is 5.17. The molecule has 0 spiro atoms. The maximum atomic E-state index is 12.4. The zero-order valence-corrected chi connectivity index (χ0v) is 12.1. The summed E-state index contributed by atoms with van der Waals surface area (Å²) in [6, 6.07) is 0.765. The van der Waals surface area contributed by atoms with Crippen molar-refractivity contribution < 1.29 is 4.79 Å². The van der Waals surface area contributed by atoms with E-state index in [4.69, 9.17) is 0 Å². The van der Waals surface area contributed by atoms with Gasteiger partial charge < -0.3 is 10.6 Å². The number of hydrogen-bond donors (Lipinski definition) is 2. The molecule has 1 aliphatic carbocycles. The number of carbonyl (C=O) groups is 1. The molecule has 108 valence electrons. The first-order valence-corrected chi connectivity index (χ1v) is 7.92. The van der Waals surface area contributed by atoms with Crippen molar-refractivity contribution in [2.24, 2.45) is 5.41 Å². The molecule has 1 saturated carbocycles. The van der Waals surface area contributed by atoms with Crippen molar-refractivity contribution >= 4 is 5.91 Å². The Kier molecular flexibility index (Phi) is 3.81. The topological polar surface area (TPSA) is 44.4 Å². The van der Waals surface area contributed by atoms with Crippen LogP contribution in [0.3, 0.4) is 0 Å². The summed E-state index contributed by atoms with van der Waals surface area (Å²) in [4.78, 5) is 14.9. The molecule has 3 fully saturated rings. The van der Waals surface area contributed by atoms with E-state index in [9.17, 15) is 4.79 Å². The fourth-order valence-electron chi connectivity index (χ4n) is 3.45. The minimum atomic E-state index is 0.144. The summed E-state index contributed by atoms with van der Waals surface area (Å²) in [5.74, 6) is 0.282. The highest BCUT2D eigenvalue weighted by Crippen LogP contribution is 2.44. The molecule has 1 atom stereocenters. The Hall–Kier alpha value is -0.610. The number of carbonyl (C=O) groups excluding carboxylic acids is 1. The second kappa shape index (κ2) is 5.41. The quantitative estimate of drug-likeness (QED) is 0.800. The molecule has 2 N–H and O–H groups in total. The highest BCUT2D eigenvalue weighted by Gasteiger charge is 2.40. The molecule has 1 amide bonds. The fourth-order valence-corrected chi connectivity index (χ4v) is 3.45. The van der Waals surface area contributed by atoms with E-state index < -0.39 is 0 Å². The van der Waals surface area contributed by atoms with E-state index in [0.717, 1.165) is 32.6 Å². The monoisotopic (exact) mass is 265 g/mol. The lowest BCUT2D eigenvalue weighted by Gasteiger charge is -2.35. The molecule has 2 heterocycles. The van der Waals surface area contributed by atoms with Gasteiger partial charge in [0.1, 0.15) is 0 Å². The first kappa shape index (κ1) is 13.4. The zero-order chi connectivity index (χ0) is 13.3. The number of hydrogen-bond acceptors (Lipinski definition) is 3. The van der Waals surface area contributed by atoms with Crippen LogP contribution in [0.25, 0.3) is 0 Å². The molecule has 0 aromatic heterocycles. The molecule has 4 heteroatoms. The molecule has 0 radical (unpaired) electrons. The summed E-state index contributed by atoms with van der Waals surface area (Å²) < 4.78 is 0. The van der Waals surface area contributed by atoms with Crippen LogP contribution in [-0.2, 0) is 4.79 Å². The zero-order valence-electron chi connectivity index (χ0n) is 12.1. The average molecular weight is 265 g/mol. The number of amides is 1. The van der Waals surface area contributed by atoms with Gasteiger partial charge in [0.2, 0.25) is 5.91 Å². The van der Waals surface area contributed by atoms with E-state index >= 15 is 0 Å². The van der Waals surface area contributed by atoms with E-state index in [-0.39, 0.29) is 11.9 Å². The first-order valence-electron chi connectivity index (χ1n) is 7.92. The van der Waals surface area contributed by atoms with Crippen molar-refractivity contribution in [3.8, 4) is 0 Å². The number of nitrogens with zero attached hydrogens (tertiary/aromatic N) is 1. The standard InChI is InChI=1S/C15H27N3O/c1-15(6-7-15)11-17-14(19)13-3-2-10-18(13)12-4-8-16-9-5-12/h12-13,16H,2-11H2,1H3,(H,17,19). The smallest absolute Gasteiger partial charge is 0.237 e. The third kappa shape index (κ3) is 3.11. The van der Waals surface area contributed by atoms with Gasteiger partial charge >= 0.3 is 0 Å². The summed E-state index contributed by atoms with van der Waals surface area (Å²) >= 11 is 0. The van der Waals surface area contributed by atoms with Gasteiger partial charge in [0.15, 0.2) is 0 Å². The molecular formula is C15H27N3O. The van der Waals surface area contributed by atoms with Crippen molar-refractivity contribution in [1.29, 1.82) is 0 Å². The lowest BCUT2D eigenvalue weighted by Crippen LogP contribution is -2.51. The van der Waals surface area contributed by atoms with Crippen molar-refractivity contribution in [3.05, 3.63) is 0 Å². The van der Waals surface area contributed by atoms with Crippen LogP contribution in [0.15, 0.2) is 0 Å². The van der Waals surface area contributed by atoms with Crippen molar-refractivity contribution in [3.63, 3.8) is 0 Å². The summed E-state index contributed by atoms with van der Waals surface area (Å²) in [6.07, 6.45) is 7.17. The predicted molar refractivity (Wildman–Crippen MR) is 76.0 cm³/mol. The Morgan fingerprint density at radius 3 is 2.74 bits per heavy atom. The lowest BCUT2D eigenvalue weighted by atomic mass is 10.0. The van der Waals surface area contributed by atoms with Gasteiger partial charge in [-0.1, -0.05) is 6.92 Å². The Morgan fingerprint density at radius 2 is 2.05 bits per heavy atom. The summed E-state index contributed by atoms with van der Waals surface area (Å²) in [5, 5.41) is 6.61. The number of nitrogens with one attached hydrogen (secondary N) is 2. The summed E-state index contributed by atoms with van der Waals surface area (Å²) in [5.41, 5.74) is 0.411. The molecule has 19 heavy (non-hydrogen) atoms. The molecular weight excluding hydrogens is 238 g/mol. The largest absolute Gasteiger partial charge is 0.354 e. The second-order valence-electron chi connectivity index (χ2n) is 6.91. The van der Waals surface area contributed by atoms with E-state index in [0.29, 0.717) is 11.5 Å². The van der Waals surface area contributed by atoms with Gasteiger partial charge in [-0.25, -0.2) is 0 Å². The van der Waals surface area contributed by atoms with Gasteiger partial charge in [-0.05, 0) is 63.6 Å². The van der Waals surface area contributed by atoms with E-state index in [1.807, 2.05) is 0 Å². The van der Waals surface area contributed by atoms with Crippen LogP contribution in [0.5, 0.6) is 0 Å². The van der Waals surface area contributed by atoms with E-state index in [1.54, 1.807) is 0 Å². The predicted octanol–water partition coefficient (Wildman–Crippen LogP) is 1.12. The van der Waals surface area contributed by atoms with Gasteiger partial charge in [-0.15, -0.1) is 0 Å². The number of likely N-dealkylation sites (tertiary alicyclic amines) is 1. The van der Waals surface area contributed by atoms with E-state index in [2.05, 4.69) is 22.5 Å². The lowest BCUT2D eigenvalue weighted by molar-refractivity contribution is -0.126. The molecule has 3 rings (SSSR count). The molecule has 0 aromatic rings. The van der Waals surface area contributed by atoms with Crippen LogP contribution >= 0.6 is 0 Å². The van der Waals surface area contributed by atoms with Gasteiger partial charge in [0.25, 0.3) is 0 Å². The van der Waals surface area contributed by atoms with Gasteiger partial charge in [0, 0.05) is 12.6 Å². The van der Waals surface area contributed by atoms with Crippen LogP contribution in [0.1, 0.15) is 45.4 Å². The normalized spacial score (nSPS) is 31.3. The summed E-state index contributed by atoms with van der Waals surface area (Å²) in [7, 11) is 0. The van der Waals surface area contributed by atoms with Crippen molar-refractivity contribution in [2.45, 2.75) is 57.5 Å². The highest BCUT2D eigenvalue weighted by molar-refractivity contribution is 5.82. The summed E-state index contributed by atoms with van der Waals surface area (Å²) in [6.45, 7) is 6.47. The molecule has 2 saturated heterocycles. The first-order chi connectivity index (χ1) is 9.18. The Bertz CT molecular complexity index is 334. The number of piperidine rings is 1. The Labute approximate surface area is 116 Å². The number of rotatable bonds is 4. The van der Waals surface area contributed by atoms with Crippen LogP contribution in [0, 0.1) is 5.41 Å². The van der Waals surface area contributed by atoms with Gasteiger partial charge in [0.05, 0.1) is 6.04 Å². The molecule has 0 bridgehead atoms. The SMILES string of the molecule is CC1(CNC(=O)C2CCCN2C2CCNCC2)CC1. The Morgan fingerprint density at radius 1 is 1.32 bits per heavy atom. The maximum absolute atomic E-state index is 12.4. The highest BCUT2D eigenvalue weighted by atomic mass is 16.2. The second-order valence-corrected chi connectivity index (χ2v) is 6.91. The molecule has 1 unspecified atom stereocenters. The van der Waals surface area contributed by atoms with E-state index in [1.165, 1.54) is 32.1 Å². The van der Waals surface area contributed by atoms with Crippen LogP contribution in [-0.4, -0.2) is 49.1 Å². The third-order valence-electron chi connectivity index (χ3n) is 5.17.